The van der Waals surface area contributed by atoms with Gasteiger partial charge in [-0.15, -0.1) is 0 Å². The lowest BCUT2D eigenvalue weighted by atomic mass is 9.87. The molecule has 1 saturated carbocycles. The van der Waals surface area contributed by atoms with E-state index in [0.717, 1.165) is 19.3 Å². The minimum absolute atomic E-state index is 0.0344. The van der Waals surface area contributed by atoms with Crippen molar-refractivity contribution in [1.82, 2.24) is 0 Å². The van der Waals surface area contributed by atoms with E-state index in [2.05, 4.69) is 6.58 Å². The Kier molecular flexibility index (Phi) is 5.85. The highest BCUT2D eigenvalue weighted by molar-refractivity contribution is 5.86. The maximum absolute atomic E-state index is 11.6. The largest absolute Gasteiger partial charge is 0.462 e. The van der Waals surface area contributed by atoms with Gasteiger partial charge in [-0.25, -0.2) is 4.79 Å². The van der Waals surface area contributed by atoms with Crippen LogP contribution < -0.4 is 0 Å². The Balaban J connectivity index is 2.17. The van der Waals surface area contributed by atoms with Crippen molar-refractivity contribution in [2.45, 2.75) is 38.7 Å². The minimum Gasteiger partial charge on any atom is -0.462 e. The zero-order valence-electron chi connectivity index (χ0n) is 10.7. The lowest BCUT2D eigenvalue weighted by Crippen LogP contribution is -2.28. The van der Waals surface area contributed by atoms with Gasteiger partial charge in [0.15, 0.2) is 0 Å². The van der Waals surface area contributed by atoms with E-state index in [-0.39, 0.29) is 25.1 Å². The Bertz CT molecular complexity index is 323. The van der Waals surface area contributed by atoms with Gasteiger partial charge in [-0.1, -0.05) is 13.0 Å². The number of aliphatic hydroxyl groups excluding tert-OH is 1. The van der Waals surface area contributed by atoms with E-state index < -0.39 is 12.1 Å². The maximum atomic E-state index is 11.6. The van der Waals surface area contributed by atoms with E-state index in [9.17, 15) is 14.7 Å². The standard InChI is InChI=1S/C13H20O5/c1-9(2)12(15)17-6-7-18-13(16)10-4-3-5-11(14)8-10/h10-11,14H,1,3-8H2,2H3. The monoisotopic (exact) mass is 256 g/mol. The third-order valence-corrected chi connectivity index (χ3v) is 2.89. The molecular weight excluding hydrogens is 236 g/mol. The lowest BCUT2D eigenvalue weighted by molar-refractivity contribution is -0.155. The molecule has 1 aliphatic rings. The van der Waals surface area contributed by atoms with Crippen LogP contribution in [0, 0.1) is 5.92 Å². The van der Waals surface area contributed by atoms with Crippen LogP contribution in [0.25, 0.3) is 0 Å². The summed E-state index contributed by atoms with van der Waals surface area (Å²) in [5.41, 5.74) is 0.316. The SMILES string of the molecule is C=C(C)C(=O)OCCOC(=O)C1CCCC(O)C1. The average Bonchev–Trinajstić information content (AvgIpc) is 2.33. The van der Waals surface area contributed by atoms with Crippen molar-refractivity contribution in [3.05, 3.63) is 12.2 Å². The van der Waals surface area contributed by atoms with Gasteiger partial charge < -0.3 is 14.6 Å². The molecule has 0 aromatic carbocycles. The van der Waals surface area contributed by atoms with E-state index in [1.54, 1.807) is 6.92 Å². The zero-order valence-corrected chi connectivity index (χ0v) is 10.7. The van der Waals surface area contributed by atoms with Gasteiger partial charge >= 0.3 is 11.9 Å². The second-order valence-electron chi connectivity index (χ2n) is 4.60. The zero-order chi connectivity index (χ0) is 13.5. The van der Waals surface area contributed by atoms with Gasteiger partial charge in [0.2, 0.25) is 0 Å². The van der Waals surface area contributed by atoms with Crippen molar-refractivity contribution in [1.29, 1.82) is 0 Å². The fraction of sp³-hybridized carbons (Fsp3) is 0.692. The molecule has 0 spiro atoms. The van der Waals surface area contributed by atoms with Gasteiger partial charge in [-0.3, -0.25) is 4.79 Å². The first-order valence-electron chi connectivity index (χ1n) is 6.18. The van der Waals surface area contributed by atoms with Crippen LogP contribution in [-0.4, -0.2) is 36.4 Å². The molecule has 1 fully saturated rings. The minimum atomic E-state index is -0.487. The molecule has 1 aliphatic carbocycles. The molecule has 1 N–H and O–H groups in total. The second-order valence-corrected chi connectivity index (χ2v) is 4.60. The van der Waals surface area contributed by atoms with Crippen LogP contribution in [0.15, 0.2) is 12.2 Å². The molecule has 102 valence electrons. The van der Waals surface area contributed by atoms with Gasteiger partial charge in [0.1, 0.15) is 13.2 Å². The molecule has 0 aromatic heterocycles. The first-order chi connectivity index (χ1) is 8.50. The number of carbonyl (C=O) groups excluding carboxylic acids is 2. The molecule has 5 nitrogen and oxygen atoms in total. The second kappa shape index (κ2) is 7.16. The predicted octanol–water partition coefficient (Wildman–Crippen LogP) is 1.20. The molecule has 2 unspecified atom stereocenters. The summed E-state index contributed by atoms with van der Waals surface area (Å²) in [6.07, 6.45) is 2.40. The Morgan fingerprint density at radius 2 is 1.94 bits per heavy atom. The number of hydrogen-bond acceptors (Lipinski definition) is 5. The van der Waals surface area contributed by atoms with E-state index in [1.165, 1.54) is 0 Å². The summed E-state index contributed by atoms with van der Waals surface area (Å²) in [7, 11) is 0. The summed E-state index contributed by atoms with van der Waals surface area (Å²) in [5.74, 6) is -1.04. The molecule has 0 heterocycles. The molecule has 5 heteroatoms. The van der Waals surface area contributed by atoms with Gasteiger partial charge in [-0.2, -0.15) is 0 Å². The van der Waals surface area contributed by atoms with Crippen LogP contribution in [0.1, 0.15) is 32.6 Å². The van der Waals surface area contributed by atoms with Crippen LogP contribution in [0.2, 0.25) is 0 Å². The summed E-state index contributed by atoms with van der Waals surface area (Å²) >= 11 is 0. The van der Waals surface area contributed by atoms with Crippen molar-refractivity contribution in [2.24, 2.45) is 5.92 Å². The number of rotatable bonds is 5. The molecule has 0 saturated heterocycles. The van der Waals surface area contributed by atoms with E-state index >= 15 is 0 Å². The first kappa shape index (κ1) is 14.7. The van der Waals surface area contributed by atoms with Gasteiger partial charge in [0, 0.05) is 5.57 Å². The topological polar surface area (TPSA) is 72.8 Å². The fourth-order valence-corrected chi connectivity index (χ4v) is 1.90. The smallest absolute Gasteiger partial charge is 0.333 e. The quantitative estimate of drug-likeness (QED) is 0.454. The Morgan fingerprint density at radius 1 is 1.28 bits per heavy atom. The number of esters is 2. The van der Waals surface area contributed by atoms with Gasteiger partial charge in [0.25, 0.3) is 0 Å². The number of ether oxygens (including phenoxy) is 2. The highest BCUT2D eigenvalue weighted by atomic mass is 16.6. The molecule has 1 rings (SSSR count). The summed E-state index contributed by atoms with van der Waals surface area (Å²) < 4.78 is 9.80. The Labute approximate surface area is 107 Å². The van der Waals surface area contributed by atoms with Crippen LogP contribution in [0.5, 0.6) is 0 Å². The highest BCUT2D eigenvalue weighted by Gasteiger charge is 2.27. The van der Waals surface area contributed by atoms with Crippen LogP contribution in [0.4, 0.5) is 0 Å². The summed E-state index contributed by atoms with van der Waals surface area (Å²) in [5, 5.41) is 9.45. The molecule has 0 aromatic rings. The van der Waals surface area contributed by atoms with Crippen LogP contribution >= 0.6 is 0 Å². The number of aliphatic hydroxyl groups is 1. The highest BCUT2D eigenvalue weighted by Crippen LogP contribution is 2.25. The summed E-state index contributed by atoms with van der Waals surface area (Å²) in [4.78, 5) is 22.7. The normalized spacial score (nSPS) is 23.2. The Morgan fingerprint density at radius 3 is 2.56 bits per heavy atom. The van der Waals surface area contributed by atoms with Crippen LogP contribution in [0.3, 0.4) is 0 Å². The van der Waals surface area contributed by atoms with E-state index in [1.807, 2.05) is 0 Å². The van der Waals surface area contributed by atoms with Crippen molar-refractivity contribution < 1.29 is 24.2 Å². The Hall–Kier alpha value is -1.36. The van der Waals surface area contributed by atoms with Crippen molar-refractivity contribution in [2.75, 3.05) is 13.2 Å². The molecule has 0 aliphatic heterocycles. The van der Waals surface area contributed by atoms with Crippen molar-refractivity contribution in [3.63, 3.8) is 0 Å². The average molecular weight is 256 g/mol. The number of carbonyl (C=O) groups is 2. The lowest BCUT2D eigenvalue weighted by Gasteiger charge is -2.24. The predicted molar refractivity (Wildman–Crippen MR) is 64.7 cm³/mol. The summed E-state index contributed by atoms with van der Waals surface area (Å²) in [6, 6.07) is 0. The van der Waals surface area contributed by atoms with Crippen LogP contribution in [-0.2, 0) is 19.1 Å². The van der Waals surface area contributed by atoms with Crippen molar-refractivity contribution >= 4 is 11.9 Å². The van der Waals surface area contributed by atoms with E-state index in [0.29, 0.717) is 12.0 Å². The first-order valence-corrected chi connectivity index (χ1v) is 6.18. The van der Waals surface area contributed by atoms with Gasteiger partial charge in [0.05, 0.1) is 12.0 Å². The molecule has 0 bridgehead atoms. The summed E-state index contributed by atoms with van der Waals surface area (Å²) in [6.45, 7) is 5.07. The molecule has 18 heavy (non-hydrogen) atoms. The van der Waals surface area contributed by atoms with Crippen molar-refractivity contribution in [3.8, 4) is 0 Å². The number of hydrogen-bond donors (Lipinski definition) is 1. The molecule has 2 atom stereocenters. The third kappa shape index (κ3) is 4.87. The fourth-order valence-electron chi connectivity index (χ4n) is 1.90. The molecular formula is C13H20O5. The molecule has 0 radical (unpaired) electrons. The molecule has 0 amide bonds. The maximum Gasteiger partial charge on any atom is 0.333 e. The third-order valence-electron chi connectivity index (χ3n) is 2.89. The van der Waals surface area contributed by atoms with E-state index in [4.69, 9.17) is 9.47 Å². The van der Waals surface area contributed by atoms with Gasteiger partial charge in [-0.05, 0) is 26.2 Å².